The van der Waals surface area contributed by atoms with E-state index in [0.29, 0.717) is 5.56 Å². The molecule has 0 aliphatic rings. The van der Waals surface area contributed by atoms with Crippen molar-refractivity contribution in [1.29, 1.82) is 5.26 Å². The molecule has 0 spiro atoms. The van der Waals surface area contributed by atoms with E-state index in [0.717, 1.165) is 0 Å². The molecule has 3 rings (SSSR count). The Bertz CT molecular complexity index is 1070. The number of ether oxygens (including phenoxy) is 1. The van der Waals surface area contributed by atoms with Crippen LogP contribution in [0.5, 0.6) is 11.5 Å². The van der Waals surface area contributed by atoms with Crippen LogP contribution in [0.3, 0.4) is 0 Å². The number of hydrogen-bond acceptors (Lipinski definition) is 4. The zero-order valence-electron chi connectivity index (χ0n) is 14.2. The molecule has 0 aliphatic heterocycles. The van der Waals surface area contributed by atoms with Crippen LogP contribution in [-0.4, -0.2) is 10.9 Å². The Morgan fingerprint density at radius 1 is 1.25 bits per heavy atom. The molecule has 0 aliphatic carbocycles. The normalized spacial score (nSPS) is 10.2. The highest BCUT2D eigenvalue weighted by Gasteiger charge is 2.16. The minimum Gasteiger partial charge on any atom is -0.453 e. The maximum atomic E-state index is 14.9. The van der Waals surface area contributed by atoms with Gasteiger partial charge in [0.25, 0.3) is 5.91 Å². The van der Waals surface area contributed by atoms with Crippen molar-refractivity contribution in [1.82, 2.24) is 10.3 Å². The molecule has 1 amide bonds. The van der Waals surface area contributed by atoms with Crippen LogP contribution in [-0.2, 0) is 6.54 Å². The highest BCUT2D eigenvalue weighted by Crippen LogP contribution is 2.35. The molecule has 1 N–H and O–H groups in total. The second-order valence-corrected chi connectivity index (χ2v) is 6.51. The van der Waals surface area contributed by atoms with Gasteiger partial charge in [0.2, 0.25) is 0 Å². The van der Waals surface area contributed by atoms with Gasteiger partial charge in [-0.2, -0.15) is 5.26 Å². The van der Waals surface area contributed by atoms with Gasteiger partial charge in [-0.15, -0.1) is 0 Å². The van der Waals surface area contributed by atoms with Crippen molar-refractivity contribution in [3.8, 4) is 17.6 Å². The van der Waals surface area contributed by atoms with Gasteiger partial charge in [0.1, 0.15) is 5.75 Å². The highest BCUT2D eigenvalue weighted by molar-refractivity contribution is 6.32. The summed E-state index contributed by atoms with van der Waals surface area (Å²) in [7, 11) is 0. The molecule has 3 aromatic rings. The van der Waals surface area contributed by atoms with Crippen molar-refractivity contribution >= 4 is 29.1 Å². The first-order valence-electron chi connectivity index (χ1n) is 8.01. The average molecular weight is 416 g/mol. The molecular weight excluding hydrogens is 404 g/mol. The van der Waals surface area contributed by atoms with Crippen LogP contribution >= 0.6 is 23.2 Å². The summed E-state index contributed by atoms with van der Waals surface area (Å²) in [5.74, 6) is -1.17. The molecule has 0 unspecified atom stereocenters. The number of pyridine rings is 1. The van der Waals surface area contributed by atoms with Crippen molar-refractivity contribution in [2.45, 2.75) is 6.54 Å². The molecule has 2 aromatic carbocycles. The van der Waals surface area contributed by atoms with Gasteiger partial charge in [-0.3, -0.25) is 9.78 Å². The third-order valence-electron chi connectivity index (χ3n) is 3.71. The monoisotopic (exact) mass is 415 g/mol. The van der Waals surface area contributed by atoms with E-state index in [1.807, 2.05) is 6.07 Å². The second-order valence-electron chi connectivity index (χ2n) is 5.66. The highest BCUT2D eigenvalue weighted by atomic mass is 35.5. The maximum absolute atomic E-state index is 14.9. The molecule has 0 radical (unpaired) electrons. The first-order chi connectivity index (χ1) is 13.5. The molecule has 0 fully saturated rings. The third kappa shape index (κ3) is 4.58. The lowest BCUT2D eigenvalue weighted by atomic mass is 10.1. The van der Waals surface area contributed by atoms with Gasteiger partial charge in [0.05, 0.1) is 22.2 Å². The van der Waals surface area contributed by atoms with E-state index < -0.39 is 11.7 Å². The predicted molar refractivity (Wildman–Crippen MR) is 103 cm³/mol. The van der Waals surface area contributed by atoms with E-state index in [-0.39, 0.29) is 39.2 Å². The number of nitrogens with zero attached hydrogens (tertiary/aromatic N) is 2. The number of benzene rings is 2. The zero-order valence-corrected chi connectivity index (χ0v) is 15.8. The van der Waals surface area contributed by atoms with Crippen LogP contribution in [0.2, 0.25) is 10.0 Å². The fourth-order valence-corrected chi connectivity index (χ4v) is 2.79. The van der Waals surface area contributed by atoms with E-state index in [9.17, 15) is 9.18 Å². The minimum atomic E-state index is -0.725. The Balaban J connectivity index is 1.81. The number of rotatable bonds is 5. The van der Waals surface area contributed by atoms with Gasteiger partial charge in [-0.1, -0.05) is 29.3 Å². The first-order valence-corrected chi connectivity index (χ1v) is 8.77. The fraction of sp³-hybridized carbons (Fsp3) is 0.0500. The third-order valence-corrected chi connectivity index (χ3v) is 4.23. The summed E-state index contributed by atoms with van der Waals surface area (Å²) in [4.78, 5) is 16.0. The molecule has 1 heterocycles. The number of carbonyl (C=O) groups is 1. The Kier molecular flexibility index (Phi) is 6.09. The minimum absolute atomic E-state index is 0.0401. The van der Waals surface area contributed by atoms with Crippen molar-refractivity contribution in [3.63, 3.8) is 0 Å². The number of aromatic nitrogens is 1. The number of amides is 1. The van der Waals surface area contributed by atoms with Crippen LogP contribution in [0, 0.1) is 17.1 Å². The Morgan fingerprint density at radius 3 is 2.79 bits per heavy atom. The summed E-state index contributed by atoms with van der Waals surface area (Å²) in [6, 6.07) is 12.4. The lowest BCUT2D eigenvalue weighted by Gasteiger charge is -2.13. The predicted octanol–water partition coefficient (Wildman–Crippen LogP) is 5.12. The van der Waals surface area contributed by atoms with Crippen LogP contribution < -0.4 is 10.1 Å². The van der Waals surface area contributed by atoms with Crippen molar-refractivity contribution in [2.75, 3.05) is 0 Å². The Hall–Kier alpha value is -3.14. The van der Waals surface area contributed by atoms with Gasteiger partial charge < -0.3 is 10.1 Å². The Labute approximate surface area is 170 Å². The van der Waals surface area contributed by atoms with E-state index in [4.69, 9.17) is 33.2 Å². The fourth-order valence-electron chi connectivity index (χ4n) is 2.38. The number of halogens is 3. The van der Waals surface area contributed by atoms with E-state index >= 15 is 0 Å². The zero-order chi connectivity index (χ0) is 20.1. The molecule has 0 atom stereocenters. The molecule has 140 valence electrons. The quantitative estimate of drug-likeness (QED) is 0.627. The van der Waals surface area contributed by atoms with Crippen LogP contribution in [0.4, 0.5) is 4.39 Å². The average Bonchev–Trinajstić information content (AvgIpc) is 2.70. The Morgan fingerprint density at radius 2 is 2.07 bits per heavy atom. The van der Waals surface area contributed by atoms with Crippen LogP contribution in [0.25, 0.3) is 0 Å². The molecule has 0 saturated heterocycles. The molecule has 5 nitrogen and oxygen atoms in total. The van der Waals surface area contributed by atoms with Crippen LogP contribution in [0.15, 0.2) is 54.9 Å². The molecule has 1 aromatic heterocycles. The summed E-state index contributed by atoms with van der Waals surface area (Å²) in [5, 5.41) is 11.9. The SMILES string of the molecule is N#Cc1cc(Cl)cc(Oc2c(Cl)ccc(CNC(=O)c3cccnc3)c2F)c1. The van der Waals surface area contributed by atoms with Gasteiger partial charge in [-0.25, -0.2) is 4.39 Å². The van der Waals surface area contributed by atoms with Gasteiger partial charge in [-0.05, 0) is 36.4 Å². The summed E-state index contributed by atoms with van der Waals surface area (Å²) in [5.41, 5.74) is 0.800. The summed E-state index contributed by atoms with van der Waals surface area (Å²) in [6.45, 7) is -0.0773. The van der Waals surface area contributed by atoms with Gasteiger partial charge in [0, 0.05) is 29.5 Å². The molecule has 0 saturated carbocycles. The van der Waals surface area contributed by atoms with E-state index in [1.165, 1.54) is 36.5 Å². The number of hydrogen-bond donors (Lipinski definition) is 1. The maximum Gasteiger partial charge on any atom is 0.253 e. The molecule has 28 heavy (non-hydrogen) atoms. The summed E-state index contributed by atoms with van der Waals surface area (Å²) < 4.78 is 20.4. The summed E-state index contributed by atoms with van der Waals surface area (Å²) >= 11 is 12.0. The lowest BCUT2D eigenvalue weighted by molar-refractivity contribution is 0.0950. The van der Waals surface area contributed by atoms with Gasteiger partial charge >= 0.3 is 0 Å². The first kappa shape index (κ1) is 19.6. The number of carbonyl (C=O) groups excluding carboxylic acids is 1. The lowest BCUT2D eigenvalue weighted by Crippen LogP contribution is -2.23. The standard InChI is InChI=1S/C20H12Cl2FN3O2/c21-15-6-12(9-24)7-16(8-15)28-19-17(22)4-3-13(18(19)23)11-26-20(27)14-2-1-5-25-10-14/h1-8,10H,11H2,(H,26,27). The van der Waals surface area contributed by atoms with E-state index in [2.05, 4.69) is 10.3 Å². The largest absolute Gasteiger partial charge is 0.453 e. The van der Waals surface area contributed by atoms with Crippen molar-refractivity contribution in [3.05, 3.63) is 87.4 Å². The number of nitrogens with one attached hydrogen (secondary N) is 1. The molecule has 0 bridgehead atoms. The van der Waals surface area contributed by atoms with Gasteiger partial charge in [0.15, 0.2) is 11.6 Å². The number of nitriles is 1. The topological polar surface area (TPSA) is 75.0 Å². The smallest absolute Gasteiger partial charge is 0.253 e. The van der Waals surface area contributed by atoms with Crippen LogP contribution in [0.1, 0.15) is 21.5 Å². The van der Waals surface area contributed by atoms with Crippen molar-refractivity contribution in [2.24, 2.45) is 0 Å². The van der Waals surface area contributed by atoms with Crippen molar-refractivity contribution < 1.29 is 13.9 Å². The molecular formula is C20H12Cl2FN3O2. The van der Waals surface area contributed by atoms with E-state index in [1.54, 1.807) is 18.3 Å². The summed E-state index contributed by atoms with van der Waals surface area (Å²) in [6.07, 6.45) is 2.96. The molecule has 8 heteroatoms. The second kappa shape index (κ2) is 8.70.